The van der Waals surface area contributed by atoms with Crippen molar-refractivity contribution in [1.82, 2.24) is 8.96 Å². The molecule has 0 fully saturated rings. The fourth-order valence-electron chi connectivity index (χ4n) is 4.22. The molecule has 2 heterocycles. The Morgan fingerprint density at radius 1 is 0.972 bits per heavy atom. The van der Waals surface area contributed by atoms with Crippen molar-refractivity contribution in [2.24, 2.45) is 0 Å². The first-order valence-corrected chi connectivity index (χ1v) is 14.2. The summed E-state index contributed by atoms with van der Waals surface area (Å²) in [5, 5.41) is 0.873. The molecule has 7 nitrogen and oxygen atoms in total. The molecular formula is C27H28N2O5S2. The van der Waals surface area contributed by atoms with Gasteiger partial charge in [-0.05, 0) is 55.0 Å². The van der Waals surface area contributed by atoms with Crippen LogP contribution in [0.1, 0.15) is 17.0 Å². The van der Waals surface area contributed by atoms with E-state index in [1.165, 1.54) is 22.8 Å². The molecule has 1 atom stereocenters. The van der Waals surface area contributed by atoms with Crippen molar-refractivity contribution in [3.8, 4) is 0 Å². The van der Waals surface area contributed by atoms with Crippen LogP contribution in [-0.2, 0) is 43.6 Å². The molecule has 0 amide bonds. The summed E-state index contributed by atoms with van der Waals surface area (Å²) in [5.41, 5.74) is 2.33. The zero-order chi connectivity index (χ0) is 25.5. The van der Waals surface area contributed by atoms with E-state index in [1.54, 1.807) is 42.8 Å². The number of pyridine rings is 1. The first-order valence-electron chi connectivity index (χ1n) is 11.5. The number of aryl methyl sites for hydroxylation is 2. The lowest BCUT2D eigenvalue weighted by atomic mass is 10.0. The van der Waals surface area contributed by atoms with Gasteiger partial charge in [-0.25, -0.2) is 17.2 Å². The van der Waals surface area contributed by atoms with E-state index in [-0.39, 0.29) is 11.5 Å². The number of methoxy groups -OCH3 is 1. The zero-order valence-electron chi connectivity index (χ0n) is 20.2. The zero-order valence-corrected chi connectivity index (χ0v) is 21.8. The molecule has 0 aliphatic rings. The van der Waals surface area contributed by atoms with Gasteiger partial charge in [0.05, 0.1) is 24.1 Å². The van der Waals surface area contributed by atoms with Gasteiger partial charge in [0.2, 0.25) is 0 Å². The molecule has 9 heteroatoms. The van der Waals surface area contributed by atoms with Crippen molar-refractivity contribution in [3.63, 3.8) is 0 Å². The van der Waals surface area contributed by atoms with E-state index in [0.717, 1.165) is 16.6 Å². The van der Waals surface area contributed by atoms with Crippen LogP contribution >= 0.6 is 11.8 Å². The lowest BCUT2D eigenvalue weighted by Gasteiger charge is -2.16. The average molecular weight is 525 g/mol. The van der Waals surface area contributed by atoms with Gasteiger partial charge in [0, 0.05) is 29.4 Å². The summed E-state index contributed by atoms with van der Waals surface area (Å²) < 4.78 is 39.8. The predicted octanol–water partition coefficient (Wildman–Crippen LogP) is 4.48. The van der Waals surface area contributed by atoms with Crippen LogP contribution in [0.2, 0.25) is 0 Å². The van der Waals surface area contributed by atoms with Crippen LogP contribution in [0.3, 0.4) is 0 Å². The molecule has 0 spiro atoms. The highest BCUT2D eigenvalue weighted by Crippen LogP contribution is 2.32. The van der Waals surface area contributed by atoms with Gasteiger partial charge in [-0.1, -0.05) is 42.5 Å². The molecule has 4 rings (SSSR count). The Bertz CT molecular complexity index is 1420. The Labute approximate surface area is 215 Å². The normalized spacial score (nSPS) is 12.5. The summed E-state index contributed by atoms with van der Waals surface area (Å²) in [6, 6.07) is 21.7. The summed E-state index contributed by atoms with van der Waals surface area (Å²) in [4.78, 5) is 16.6. The van der Waals surface area contributed by atoms with E-state index in [0.29, 0.717) is 30.5 Å². The largest absolute Gasteiger partial charge is 0.466 e. The van der Waals surface area contributed by atoms with E-state index in [9.17, 15) is 13.2 Å². The van der Waals surface area contributed by atoms with Gasteiger partial charge in [0.15, 0.2) is 5.44 Å². The number of para-hydroxylation sites is 1. The Kier molecular flexibility index (Phi) is 8.45. The van der Waals surface area contributed by atoms with E-state index in [4.69, 9.17) is 9.47 Å². The molecule has 0 radical (unpaired) electrons. The van der Waals surface area contributed by atoms with Gasteiger partial charge in [-0.15, -0.1) is 11.8 Å². The molecule has 36 heavy (non-hydrogen) atoms. The van der Waals surface area contributed by atoms with Crippen molar-refractivity contribution in [2.75, 3.05) is 20.0 Å². The van der Waals surface area contributed by atoms with Crippen LogP contribution in [-0.4, -0.2) is 48.8 Å². The van der Waals surface area contributed by atoms with Crippen molar-refractivity contribution >= 4 is 38.7 Å². The summed E-state index contributed by atoms with van der Waals surface area (Å²) in [7, 11) is -2.57. The minimum Gasteiger partial charge on any atom is -0.466 e. The molecule has 2 aromatic carbocycles. The topological polar surface area (TPSA) is 87.5 Å². The first kappa shape index (κ1) is 25.9. The standard InChI is InChI=1S/C27H28N2O5S2/c1-33-26(30)27(35-2)34-19-17-25-23(16-15-20-10-8-9-18-28-20)22-13-6-7-14-24(22)29(25)36(31,32)21-11-4-3-5-12-21/h3-14,18,27H,15-17,19H2,1-2H3. The highest BCUT2D eigenvalue weighted by Gasteiger charge is 2.27. The van der Waals surface area contributed by atoms with Gasteiger partial charge in [-0.2, -0.15) is 0 Å². The minimum atomic E-state index is -3.89. The number of ether oxygens (including phenoxy) is 2. The maximum absolute atomic E-state index is 13.9. The number of thioether (sulfide) groups is 1. The first-order chi connectivity index (χ1) is 17.5. The van der Waals surface area contributed by atoms with Crippen LogP contribution in [0.5, 0.6) is 0 Å². The van der Waals surface area contributed by atoms with Crippen molar-refractivity contribution in [1.29, 1.82) is 0 Å². The number of rotatable bonds is 11. The summed E-state index contributed by atoms with van der Waals surface area (Å²) >= 11 is 1.23. The highest BCUT2D eigenvalue weighted by atomic mass is 32.2. The number of nitrogens with zero attached hydrogens (tertiary/aromatic N) is 2. The third-order valence-corrected chi connectivity index (χ3v) is 8.42. The lowest BCUT2D eigenvalue weighted by Crippen LogP contribution is -2.24. The smallest absolute Gasteiger partial charge is 0.345 e. The SMILES string of the molecule is COC(=O)C(OCCc1c(CCc2ccccn2)c2ccccc2n1S(=O)(=O)c1ccccc1)SC. The van der Waals surface area contributed by atoms with Gasteiger partial charge in [0.1, 0.15) is 0 Å². The fourth-order valence-corrected chi connectivity index (χ4v) is 6.37. The maximum atomic E-state index is 13.9. The molecule has 1 unspecified atom stereocenters. The number of esters is 1. The number of hydrogen-bond donors (Lipinski definition) is 0. The van der Waals surface area contributed by atoms with E-state index >= 15 is 0 Å². The van der Waals surface area contributed by atoms with Gasteiger partial charge in [0.25, 0.3) is 10.0 Å². The molecule has 0 aliphatic carbocycles. The molecule has 2 aromatic heterocycles. The number of hydrogen-bond acceptors (Lipinski definition) is 7. The Balaban J connectivity index is 1.79. The van der Waals surface area contributed by atoms with Crippen LogP contribution in [0.25, 0.3) is 10.9 Å². The molecular weight excluding hydrogens is 496 g/mol. The predicted molar refractivity (Wildman–Crippen MR) is 142 cm³/mol. The molecule has 0 aliphatic heterocycles. The van der Waals surface area contributed by atoms with Crippen molar-refractivity contribution < 1.29 is 22.7 Å². The number of carbonyl (C=O) groups is 1. The number of fused-ring (bicyclic) bond motifs is 1. The van der Waals surface area contributed by atoms with Crippen LogP contribution in [0.15, 0.2) is 83.9 Å². The number of aromatic nitrogens is 2. The van der Waals surface area contributed by atoms with E-state index < -0.39 is 21.4 Å². The molecule has 0 N–H and O–H groups in total. The quantitative estimate of drug-likeness (QED) is 0.211. The second kappa shape index (κ2) is 11.7. The van der Waals surface area contributed by atoms with Crippen LogP contribution < -0.4 is 0 Å². The third-order valence-electron chi connectivity index (χ3n) is 5.90. The summed E-state index contributed by atoms with van der Waals surface area (Å²) in [5.74, 6) is -0.477. The molecule has 0 saturated carbocycles. The second-order valence-corrected chi connectivity index (χ2v) is 10.7. The Morgan fingerprint density at radius 3 is 2.39 bits per heavy atom. The van der Waals surface area contributed by atoms with Crippen LogP contribution in [0.4, 0.5) is 0 Å². The van der Waals surface area contributed by atoms with E-state index in [1.807, 2.05) is 42.5 Å². The lowest BCUT2D eigenvalue weighted by molar-refractivity contribution is -0.148. The molecule has 0 saturated heterocycles. The molecule has 188 valence electrons. The van der Waals surface area contributed by atoms with Gasteiger partial charge in [-0.3, -0.25) is 4.98 Å². The Morgan fingerprint density at radius 2 is 1.69 bits per heavy atom. The Hall–Kier alpha value is -3.14. The van der Waals surface area contributed by atoms with Crippen molar-refractivity contribution in [3.05, 3.63) is 95.9 Å². The van der Waals surface area contributed by atoms with Gasteiger partial charge >= 0.3 is 5.97 Å². The van der Waals surface area contributed by atoms with Crippen molar-refractivity contribution in [2.45, 2.75) is 29.6 Å². The third kappa shape index (κ3) is 5.48. The minimum absolute atomic E-state index is 0.151. The summed E-state index contributed by atoms with van der Waals surface area (Å²) in [6.07, 6.45) is 5.07. The monoisotopic (exact) mass is 524 g/mol. The van der Waals surface area contributed by atoms with Crippen LogP contribution in [0, 0.1) is 0 Å². The maximum Gasteiger partial charge on any atom is 0.345 e. The van der Waals surface area contributed by atoms with Gasteiger partial charge < -0.3 is 9.47 Å². The molecule has 0 bridgehead atoms. The fraction of sp³-hybridized carbons (Fsp3) is 0.259. The number of carbonyl (C=O) groups excluding carboxylic acids is 1. The second-order valence-electron chi connectivity index (χ2n) is 8.06. The average Bonchev–Trinajstić information content (AvgIpc) is 3.24. The van der Waals surface area contributed by atoms with E-state index in [2.05, 4.69) is 4.98 Å². The highest BCUT2D eigenvalue weighted by molar-refractivity contribution is 7.99. The number of benzene rings is 2. The summed E-state index contributed by atoms with van der Waals surface area (Å²) in [6.45, 7) is 0.151. The molecule has 4 aromatic rings.